The number of ether oxygens (including phenoxy) is 1. The number of hydrogen-bond donors (Lipinski definition) is 2. The average Bonchev–Trinajstić information content (AvgIpc) is 3.10. The first-order chi connectivity index (χ1) is 10.8. The van der Waals surface area contributed by atoms with Crippen LogP contribution in [0.2, 0.25) is 5.02 Å². The molecule has 1 aromatic heterocycles. The summed E-state index contributed by atoms with van der Waals surface area (Å²) in [6.07, 6.45) is -0.157. The van der Waals surface area contributed by atoms with E-state index in [0.717, 1.165) is 16.9 Å². The van der Waals surface area contributed by atoms with Gasteiger partial charge in [0.05, 0.1) is 6.54 Å². The van der Waals surface area contributed by atoms with E-state index >= 15 is 0 Å². The van der Waals surface area contributed by atoms with Crippen LogP contribution in [0.3, 0.4) is 0 Å². The molecular weight excluding hydrogens is 360 g/mol. The van der Waals surface area contributed by atoms with Crippen LogP contribution >= 0.6 is 22.9 Å². The lowest BCUT2D eigenvalue weighted by molar-refractivity contribution is -0.127. The Hall–Kier alpha value is -1.61. The fraction of sp³-hybridized carbons (Fsp3) is 0.214. The molecule has 3 N–H and O–H groups in total. The Bertz CT molecular complexity index is 863. The monoisotopic (exact) mass is 372 g/mol. The summed E-state index contributed by atoms with van der Waals surface area (Å²) in [6.45, 7) is 0.218. The molecule has 23 heavy (non-hydrogen) atoms. The highest BCUT2D eigenvalue weighted by Crippen LogP contribution is 2.31. The minimum absolute atomic E-state index is 0.0703. The van der Waals surface area contributed by atoms with E-state index in [1.165, 1.54) is 6.07 Å². The zero-order valence-corrected chi connectivity index (χ0v) is 14.2. The summed E-state index contributed by atoms with van der Waals surface area (Å²) in [5.74, 6) is 0.394. The van der Waals surface area contributed by atoms with Crippen LogP contribution in [0, 0.1) is 0 Å². The maximum atomic E-state index is 12.2. The molecule has 2 heterocycles. The summed E-state index contributed by atoms with van der Waals surface area (Å²) in [5.41, 5.74) is 0.894. The molecule has 9 heteroatoms. The third kappa shape index (κ3) is 3.66. The summed E-state index contributed by atoms with van der Waals surface area (Å²) in [7, 11) is -3.71. The first-order valence-corrected chi connectivity index (χ1v) is 9.41. The van der Waals surface area contributed by atoms with Gasteiger partial charge in [-0.05, 0) is 35.9 Å². The molecule has 0 bridgehead atoms. The van der Waals surface area contributed by atoms with Gasteiger partial charge in [-0.25, -0.2) is 13.6 Å². The number of benzene rings is 1. The topological polar surface area (TPSA) is 98.5 Å². The number of fused-ring (bicyclic) bond motifs is 1. The van der Waals surface area contributed by atoms with Crippen molar-refractivity contribution in [1.29, 1.82) is 0 Å². The number of carbonyl (C=O) groups is 1. The van der Waals surface area contributed by atoms with E-state index < -0.39 is 16.1 Å². The molecule has 122 valence electrons. The Morgan fingerprint density at radius 1 is 1.39 bits per heavy atom. The lowest BCUT2D eigenvalue weighted by Crippen LogP contribution is -2.36. The van der Waals surface area contributed by atoms with Crippen molar-refractivity contribution in [3.63, 3.8) is 0 Å². The maximum Gasteiger partial charge on any atom is 0.261 e. The number of nitrogens with one attached hydrogen (secondary N) is 1. The summed E-state index contributed by atoms with van der Waals surface area (Å²) >= 11 is 6.94. The first-order valence-electron chi connectivity index (χ1n) is 6.67. The highest BCUT2D eigenvalue weighted by atomic mass is 35.5. The molecule has 3 rings (SSSR count). The van der Waals surface area contributed by atoms with Gasteiger partial charge in [0.2, 0.25) is 10.0 Å². The van der Waals surface area contributed by atoms with Crippen molar-refractivity contribution in [3.8, 4) is 5.75 Å². The van der Waals surface area contributed by atoms with Gasteiger partial charge in [0, 0.05) is 16.3 Å². The van der Waals surface area contributed by atoms with Crippen molar-refractivity contribution < 1.29 is 17.9 Å². The molecule has 1 aromatic carbocycles. The number of sulfonamides is 1. The van der Waals surface area contributed by atoms with E-state index in [2.05, 4.69) is 5.32 Å². The molecule has 1 aliphatic rings. The Labute approximate surface area is 142 Å². The van der Waals surface area contributed by atoms with Gasteiger partial charge in [-0.15, -0.1) is 11.3 Å². The molecule has 0 saturated heterocycles. The predicted octanol–water partition coefficient (Wildman–Crippen LogP) is 1.67. The second kappa shape index (κ2) is 6.12. The normalized spacial score (nSPS) is 16.7. The van der Waals surface area contributed by atoms with Crippen LogP contribution in [0.4, 0.5) is 0 Å². The van der Waals surface area contributed by atoms with Crippen LogP contribution in [0.25, 0.3) is 0 Å². The highest BCUT2D eigenvalue weighted by molar-refractivity contribution is 7.91. The Morgan fingerprint density at radius 2 is 2.17 bits per heavy atom. The number of rotatable bonds is 4. The SMILES string of the molecule is NS(=O)(=O)c1ccc(CNC(=O)[C@@H]2Cc3cc(Cl)ccc3O2)s1. The molecule has 0 aliphatic carbocycles. The second-order valence-electron chi connectivity index (χ2n) is 5.05. The molecule has 2 aromatic rings. The Balaban J connectivity index is 1.60. The van der Waals surface area contributed by atoms with Crippen LogP contribution in [-0.2, 0) is 27.8 Å². The second-order valence-corrected chi connectivity index (χ2v) is 8.44. The number of amides is 1. The third-order valence-electron chi connectivity index (χ3n) is 3.34. The zero-order chi connectivity index (χ0) is 16.6. The van der Waals surface area contributed by atoms with Crippen molar-refractivity contribution in [3.05, 3.63) is 45.8 Å². The minimum atomic E-state index is -3.71. The molecule has 0 spiro atoms. The van der Waals surface area contributed by atoms with Crippen molar-refractivity contribution in [2.24, 2.45) is 5.14 Å². The largest absolute Gasteiger partial charge is 0.480 e. The van der Waals surface area contributed by atoms with Crippen LogP contribution < -0.4 is 15.2 Å². The van der Waals surface area contributed by atoms with Gasteiger partial charge in [0.25, 0.3) is 5.91 Å². The van der Waals surface area contributed by atoms with E-state index in [-0.39, 0.29) is 16.7 Å². The number of carbonyl (C=O) groups excluding carboxylic acids is 1. The standard InChI is InChI=1S/C14H13ClN2O4S2/c15-9-1-3-11-8(5-9)6-12(21-11)14(18)17-7-10-2-4-13(22-10)23(16,19)20/h1-5,12H,6-7H2,(H,17,18)(H2,16,19,20)/t12-/m0/s1. The molecule has 1 aliphatic heterocycles. The highest BCUT2D eigenvalue weighted by Gasteiger charge is 2.29. The Morgan fingerprint density at radius 3 is 2.87 bits per heavy atom. The van der Waals surface area contributed by atoms with Crippen LogP contribution in [0.1, 0.15) is 10.4 Å². The van der Waals surface area contributed by atoms with E-state index in [1.54, 1.807) is 24.3 Å². The summed E-state index contributed by atoms with van der Waals surface area (Å²) < 4.78 is 28.1. The first kappa shape index (κ1) is 16.3. The van der Waals surface area contributed by atoms with E-state index in [9.17, 15) is 13.2 Å². The number of halogens is 1. The molecule has 0 fully saturated rings. The smallest absolute Gasteiger partial charge is 0.261 e. The molecule has 1 amide bonds. The van der Waals surface area contributed by atoms with E-state index in [4.69, 9.17) is 21.5 Å². The molecular formula is C14H13ClN2O4S2. The van der Waals surface area contributed by atoms with Gasteiger partial charge >= 0.3 is 0 Å². The van der Waals surface area contributed by atoms with E-state index in [1.807, 2.05) is 0 Å². The molecule has 6 nitrogen and oxygen atoms in total. The maximum absolute atomic E-state index is 12.2. The fourth-order valence-corrected chi connectivity index (χ4v) is 4.17. The van der Waals surface area contributed by atoms with Gasteiger partial charge in [0.15, 0.2) is 6.10 Å². The van der Waals surface area contributed by atoms with Crippen molar-refractivity contribution in [2.75, 3.05) is 0 Å². The van der Waals surface area contributed by atoms with Crippen molar-refractivity contribution >= 4 is 38.9 Å². The summed E-state index contributed by atoms with van der Waals surface area (Å²) in [5, 5.41) is 8.38. The molecule has 0 saturated carbocycles. The minimum Gasteiger partial charge on any atom is -0.480 e. The lowest BCUT2D eigenvalue weighted by atomic mass is 10.1. The summed E-state index contributed by atoms with van der Waals surface area (Å²) in [4.78, 5) is 12.9. The van der Waals surface area contributed by atoms with Gasteiger partial charge in [-0.3, -0.25) is 4.79 Å². The van der Waals surface area contributed by atoms with Crippen LogP contribution in [-0.4, -0.2) is 20.4 Å². The number of primary sulfonamides is 1. The molecule has 1 atom stereocenters. The Kier molecular flexibility index (Phi) is 4.33. The fourth-order valence-electron chi connectivity index (χ4n) is 2.26. The third-order valence-corrected chi connectivity index (χ3v) is 6.10. The zero-order valence-electron chi connectivity index (χ0n) is 11.8. The average molecular weight is 373 g/mol. The molecule has 0 unspecified atom stereocenters. The quantitative estimate of drug-likeness (QED) is 0.852. The number of hydrogen-bond acceptors (Lipinski definition) is 5. The van der Waals surface area contributed by atoms with Gasteiger partial charge in [-0.2, -0.15) is 0 Å². The number of nitrogens with two attached hydrogens (primary N) is 1. The van der Waals surface area contributed by atoms with Gasteiger partial charge in [0.1, 0.15) is 9.96 Å². The lowest BCUT2D eigenvalue weighted by Gasteiger charge is -2.10. The molecule has 0 radical (unpaired) electrons. The van der Waals surface area contributed by atoms with Gasteiger partial charge in [-0.1, -0.05) is 11.6 Å². The predicted molar refractivity (Wildman–Crippen MR) is 87.1 cm³/mol. The van der Waals surface area contributed by atoms with E-state index in [0.29, 0.717) is 22.1 Å². The van der Waals surface area contributed by atoms with Crippen molar-refractivity contribution in [1.82, 2.24) is 5.32 Å². The number of thiophene rings is 1. The van der Waals surface area contributed by atoms with Crippen LogP contribution in [0.15, 0.2) is 34.5 Å². The van der Waals surface area contributed by atoms with Gasteiger partial charge < -0.3 is 10.1 Å². The van der Waals surface area contributed by atoms with Crippen LogP contribution in [0.5, 0.6) is 5.75 Å². The summed E-state index contributed by atoms with van der Waals surface area (Å²) in [6, 6.07) is 8.27. The van der Waals surface area contributed by atoms with Crippen molar-refractivity contribution in [2.45, 2.75) is 23.3 Å².